The van der Waals surface area contributed by atoms with Gasteiger partial charge in [-0.05, 0) is 30.9 Å². The average molecular weight is 244 g/mol. The largest absolute Gasteiger partial charge is 0.377 e. The second-order valence-electron chi connectivity index (χ2n) is 5.20. The van der Waals surface area contributed by atoms with Crippen LogP contribution in [-0.4, -0.2) is 24.2 Å². The molecule has 0 aliphatic heterocycles. The lowest BCUT2D eigenvalue weighted by molar-refractivity contribution is -0.0695. The van der Waals surface area contributed by atoms with E-state index in [0.29, 0.717) is 0 Å². The number of hydrogen-bond acceptors (Lipinski definition) is 2. The minimum Gasteiger partial charge on any atom is -0.377 e. The van der Waals surface area contributed by atoms with Crippen LogP contribution >= 0.6 is 0 Å². The first kappa shape index (κ1) is 11.8. The van der Waals surface area contributed by atoms with Crippen LogP contribution in [0.1, 0.15) is 24.8 Å². The van der Waals surface area contributed by atoms with E-state index in [1.807, 2.05) is 7.11 Å². The van der Waals surface area contributed by atoms with Gasteiger partial charge in [0.1, 0.15) is 0 Å². The maximum Gasteiger partial charge on any atom is 0.0802 e. The third-order valence-electron chi connectivity index (χ3n) is 4.14. The van der Waals surface area contributed by atoms with Crippen molar-refractivity contribution >= 4 is 10.9 Å². The molecule has 1 heterocycles. The van der Waals surface area contributed by atoms with Crippen LogP contribution in [0.15, 0.2) is 30.5 Å². The van der Waals surface area contributed by atoms with Gasteiger partial charge in [-0.15, -0.1) is 0 Å². The summed E-state index contributed by atoms with van der Waals surface area (Å²) in [5.41, 5.74) is 2.64. The lowest BCUT2D eigenvalue weighted by Gasteiger charge is -2.40. The van der Waals surface area contributed by atoms with Gasteiger partial charge in [0.2, 0.25) is 0 Å². The summed E-state index contributed by atoms with van der Waals surface area (Å²) in [6.07, 6.45) is 5.76. The third kappa shape index (κ3) is 2.04. The summed E-state index contributed by atoms with van der Waals surface area (Å²) >= 11 is 0. The quantitative estimate of drug-likeness (QED) is 0.848. The number of para-hydroxylation sites is 1. The Morgan fingerprint density at radius 2 is 2.17 bits per heavy atom. The molecule has 3 rings (SSSR count). The fraction of sp³-hybridized carbons (Fsp3) is 0.467. The fourth-order valence-electron chi connectivity index (χ4n) is 2.73. The summed E-state index contributed by atoms with van der Waals surface area (Å²) in [6, 6.07) is 8.42. The summed E-state index contributed by atoms with van der Waals surface area (Å²) < 4.78 is 5.61. The molecule has 1 saturated carbocycles. The van der Waals surface area contributed by atoms with Gasteiger partial charge < -0.3 is 15.0 Å². The Morgan fingerprint density at radius 1 is 1.33 bits per heavy atom. The zero-order valence-electron chi connectivity index (χ0n) is 10.8. The van der Waals surface area contributed by atoms with Crippen molar-refractivity contribution in [2.75, 3.05) is 13.7 Å². The van der Waals surface area contributed by atoms with E-state index in [1.165, 1.54) is 35.7 Å². The first-order valence-electron chi connectivity index (χ1n) is 6.64. The van der Waals surface area contributed by atoms with E-state index in [1.54, 1.807) is 0 Å². The van der Waals surface area contributed by atoms with Crippen LogP contribution in [0.2, 0.25) is 0 Å². The van der Waals surface area contributed by atoms with Crippen molar-refractivity contribution in [2.24, 2.45) is 0 Å². The summed E-state index contributed by atoms with van der Waals surface area (Å²) in [5.74, 6) is 0. The minimum atomic E-state index is 0.103. The third-order valence-corrected chi connectivity index (χ3v) is 4.14. The molecule has 1 aromatic carbocycles. The predicted molar refractivity (Wildman–Crippen MR) is 73.6 cm³/mol. The minimum absolute atomic E-state index is 0.103. The van der Waals surface area contributed by atoms with Gasteiger partial charge >= 0.3 is 0 Å². The van der Waals surface area contributed by atoms with Crippen molar-refractivity contribution < 1.29 is 4.74 Å². The molecular weight excluding hydrogens is 224 g/mol. The number of aromatic amines is 1. The van der Waals surface area contributed by atoms with E-state index in [0.717, 1.165) is 13.1 Å². The number of nitrogens with one attached hydrogen (secondary N) is 2. The normalized spacial score (nSPS) is 17.8. The SMILES string of the molecule is COC1(CNCc2c[nH]c3ccccc23)CCC1. The first-order valence-corrected chi connectivity index (χ1v) is 6.64. The number of rotatable bonds is 5. The molecule has 0 saturated heterocycles. The molecule has 96 valence electrons. The molecule has 3 nitrogen and oxygen atoms in total. The molecule has 0 spiro atoms. The number of ether oxygens (including phenoxy) is 1. The average Bonchev–Trinajstić information content (AvgIpc) is 2.76. The van der Waals surface area contributed by atoms with Crippen molar-refractivity contribution in [1.29, 1.82) is 0 Å². The number of H-pyrrole nitrogens is 1. The Labute approximate surface area is 108 Å². The Hall–Kier alpha value is -1.32. The monoisotopic (exact) mass is 244 g/mol. The molecule has 1 aromatic heterocycles. The molecule has 0 unspecified atom stereocenters. The maximum absolute atomic E-state index is 5.61. The van der Waals surface area contributed by atoms with Crippen molar-refractivity contribution in [1.82, 2.24) is 10.3 Å². The second kappa shape index (κ2) is 4.75. The number of aromatic nitrogens is 1. The Morgan fingerprint density at radius 3 is 2.89 bits per heavy atom. The summed E-state index contributed by atoms with van der Waals surface area (Å²) in [5, 5.41) is 4.84. The van der Waals surface area contributed by atoms with Gasteiger partial charge in [0.05, 0.1) is 5.60 Å². The number of hydrogen-bond donors (Lipinski definition) is 2. The molecule has 3 heteroatoms. The van der Waals surface area contributed by atoms with Crippen LogP contribution in [-0.2, 0) is 11.3 Å². The molecular formula is C15H20N2O. The number of fused-ring (bicyclic) bond motifs is 1. The molecule has 0 amide bonds. The van der Waals surface area contributed by atoms with Gasteiger partial charge in [-0.3, -0.25) is 0 Å². The van der Waals surface area contributed by atoms with Crippen LogP contribution in [0.25, 0.3) is 10.9 Å². The molecule has 0 bridgehead atoms. The van der Waals surface area contributed by atoms with Crippen LogP contribution < -0.4 is 5.32 Å². The Balaban J connectivity index is 1.63. The maximum atomic E-state index is 5.61. The number of methoxy groups -OCH3 is 1. The molecule has 0 radical (unpaired) electrons. The molecule has 0 atom stereocenters. The van der Waals surface area contributed by atoms with Gasteiger partial charge in [0.25, 0.3) is 0 Å². The summed E-state index contributed by atoms with van der Waals surface area (Å²) in [6.45, 7) is 1.85. The highest BCUT2D eigenvalue weighted by molar-refractivity contribution is 5.82. The zero-order valence-corrected chi connectivity index (χ0v) is 10.8. The Bertz CT molecular complexity index is 523. The van der Waals surface area contributed by atoms with Crippen molar-refractivity contribution in [3.8, 4) is 0 Å². The predicted octanol–water partition coefficient (Wildman–Crippen LogP) is 2.83. The lowest BCUT2D eigenvalue weighted by Crippen LogP contribution is -2.47. The summed E-state index contributed by atoms with van der Waals surface area (Å²) in [4.78, 5) is 3.31. The van der Waals surface area contributed by atoms with E-state index in [-0.39, 0.29) is 5.60 Å². The zero-order chi connectivity index (χ0) is 12.4. The molecule has 1 fully saturated rings. The van der Waals surface area contributed by atoms with Crippen molar-refractivity contribution in [2.45, 2.75) is 31.4 Å². The molecule has 1 aliphatic carbocycles. The highest BCUT2D eigenvalue weighted by Gasteiger charge is 2.36. The topological polar surface area (TPSA) is 37.0 Å². The van der Waals surface area contributed by atoms with Crippen LogP contribution in [0, 0.1) is 0 Å². The highest BCUT2D eigenvalue weighted by Crippen LogP contribution is 2.34. The summed E-state index contributed by atoms with van der Waals surface area (Å²) in [7, 11) is 1.83. The van der Waals surface area contributed by atoms with Crippen LogP contribution in [0.4, 0.5) is 0 Å². The lowest BCUT2D eigenvalue weighted by atomic mass is 9.80. The second-order valence-corrected chi connectivity index (χ2v) is 5.20. The van der Waals surface area contributed by atoms with Gasteiger partial charge in [0, 0.05) is 37.3 Å². The Kier molecular flexibility index (Phi) is 3.10. The van der Waals surface area contributed by atoms with E-state index >= 15 is 0 Å². The van der Waals surface area contributed by atoms with Gasteiger partial charge in [-0.1, -0.05) is 18.2 Å². The highest BCUT2D eigenvalue weighted by atomic mass is 16.5. The first-order chi connectivity index (χ1) is 8.83. The van der Waals surface area contributed by atoms with Gasteiger partial charge in [-0.25, -0.2) is 0 Å². The van der Waals surface area contributed by atoms with Crippen LogP contribution in [0.5, 0.6) is 0 Å². The van der Waals surface area contributed by atoms with E-state index in [2.05, 4.69) is 40.8 Å². The number of benzene rings is 1. The fourth-order valence-corrected chi connectivity index (χ4v) is 2.73. The van der Waals surface area contributed by atoms with E-state index in [4.69, 9.17) is 4.74 Å². The van der Waals surface area contributed by atoms with E-state index < -0.39 is 0 Å². The van der Waals surface area contributed by atoms with Gasteiger partial charge in [0.15, 0.2) is 0 Å². The molecule has 2 aromatic rings. The van der Waals surface area contributed by atoms with Gasteiger partial charge in [-0.2, -0.15) is 0 Å². The smallest absolute Gasteiger partial charge is 0.0802 e. The molecule has 1 aliphatic rings. The van der Waals surface area contributed by atoms with Crippen molar-refractivity contribution in [3.63, 3.8) is 0 Å². The van der Waals surface area contributed by atoms with Crippen LogP contribution in [0.3, 0.4) is 0 Å². The van der Waals surface area contributed by atoms with E-state index in [9.17, 15) is 0 Å². The standard InChI is InChI=1S/C15H20N2O/c1-18-15(7-4-8-15)11-16-9-12-10-17-14-6-3-2-5-13(12)14/h2-3,5-6,10,16-17H,4,7-9,11H2,1H3. The molecule has 2 N–H and O–H groups in total. The van der Waals surface area contributed by atoms with Crippen molar-refractivity contribution in [3.05, 3.63) is 36.0 Å². The molecule has 18 heavy (non-hydrogen) atoms.